The number of nitrogens with zero attached hydrogens (tertiary/aromatic N) is 1. The van der Waals surface area contributed by atoms with Crippen LogP contribution in [0.3, 0.4) is 0 Å². The molecule has 0 aliphatic heterocycles. The summed E-state index contributed by atoms with van der Waals surface area (Å²) in [5.74, 6) is -0.263. The van der Waals surface area contributed by atoms with Crippen LogP contribution >= 0.6 is 0 Å². The molecule has 0 heterocycles. The molecule has 0 bridgehead atoms. The van der Waals surface area contributed by atoms with Crippen molar-refractivity contribution in [2.24, 2.45) is 0 Å². The summed E-state index contributed by atoms with van der Waals surface area (Å²) in [6.45, 7) is 9.65. The predicted octanol–water partition coefficient (Wildman–Crippen LogP) is 2.80. The zero-order chi connectivity index (χ0) is 16.2. The van der Waals surface area contributed by atoms with Gasteiger partial charge < -0.3 is 4.90 Å². The van der Waals surface area contributed by atoms with E-state index in [0.29, 0.717) is 0 Å². The Bertz CT molecular complexity index is 566. The van der Waals surface area contributed by atoms with Crippen molar-refractivity contribution in [2.45, 2.75) is 58.0 Å². The molecule has 0 aromatic heterocycles. The van der Waals surface area contributed by atoms with Gasteiger partial charge in [-0.1, -0.05) is 17.7 Å². The highest BCUT2D eigenvalue weighted by atomic mass is 32.2. The Balaban J connectivity index is 2.77. The van der Waals surface area contributed by atoms with Gasteiger partial charge in [-0.05, 0) is 46.8 Å². The van der Waals surface area contributed by atoms with Gasteiger partial charge >= 0.3 is 0 Å². The molecule has 0 fully saturated rings. The summed E-state index contributed by atoms with van der Waals surface area (Å²) in [7, 11) is -3.40. The third kappa shape index (κ3) is 4.84. The second-order valence-electron chi connectivity index (χ2n) is 5.87. The summed E-state index contributed by atoms with van der Waals surface area (Å²) in [5, 5.41) is 0. The number of carbonyl (C=O) groups excluding carboxylic acids is 1. The fraction of sp³-hybridized carbons (Fsp3) is 0.562. The number of sulfone groups is 1. The third-order valence-corrected chi connectivity index (χ3v) is 5.10. The molecule has 1 amide bonds. The average molecular weight is 311 g/mol. The van der Waals surface area contributed by atoms with E-state index >= 15 is 0 Å². The van der Waals surface area contributed by atoms with Gasteiger partial charge in [0.1, 0.15) is 0 Å². The quantitative estimate of drug-likeness (QED) is 0.812. The van der Waals surface area contributed by atoms with Crippen molar-refractivity contribution >= 4 is 15.7 Å². The zero-order valence-electron chi connectivity index (χ0n) is 13.5. The Morgan fingerprint density at radius 3 is 1.95 bits per heavy atom. The van der Waals surface area contributed by atoms with Gasteiger partial charge in [0.05, 0.1) is 10.6 Å². The van der Waals surface area contributed by atoms with Gasteiger partial charge in [0.2, 0.25) is 5.91 Å². The lowest BCUT2D eigenvalue weighted by Gasteiger charge is -2.30. The van der Waals surface area contributed by atoms with E-state index in [1.54, 1.807) is 29.2 Å². The standard InChI is InChI=1S/C16H25NO3S/c1-12(2)17(13(3)4)16(18)10-11-21(19,20)15-8-6-14(5)7-9-15/h6-9,12-13H,10-11H2,1-5H3. The molecular weight excluding hydrogens is 286 g/mol. The molecule has 0 aliphatic rings. The highest BCUT2D eigenvalue weighted by Gasteiger charge is 2.23. The van der Waals surface area contributed by atoms with Gasteiger partial charge in [-0.25, -0.2) is 8.42 Å². The third-order valence-electron chi connectivity index (χ3n) is 3.37. The van der Waals surface area contributed by atoms with E-state index < -0.39 is 9.84 Å². The van der Waals surface area contributed by atoms with Crippen molar-refractivity contribution < 1.29 is 13.2 Å². The van der Waals surface area contributed by atoms with E-state index in [4.69, 9.17) is 0 Å². The minimum absolute atomic E-state index is 0.0204. The fourth-order valence-electron chi connectivity index (χ4n) is 2.39. The lowest BCUT2D eigenvalue weighted by Crippen LogP contribution is -2.42. The maximum atomic E-state index is 12.2. The largest absolute Gasteiger partial charge is 0.338 e. The Morgan fingerprint density at radius 2 is 1.52 bits per heavy atom. The van der Waals surface area contributed by atoms with Gasteiger partial charge in [-0.2, -0.15) is 0 Å². The number of hydrogen-bond donors (Lipinski definition) is 0. The molecule has 0 atom stereocenters. The maximum absolute atomic E-state index is 12.2. The van der Waals surface area contributed by atoms with E-state index in [0.717, 1.165) is 5.56 Å². The Morgan fingerprint density at radius 1 is 1.05 bits per heavy atom. The summed E-state index contributed by atoms with van der Waals surface area (Å²) in [6.07, 6.45) is 0.0204. The molecule has 0 saturated carbocycles. The van der Waals surface area contributed by atoms with Gasteiger partial charge in [0.25, 0.3) is 0 Å². The highest BCUT2D eigenvalue weighted by molar-refractivity contribution is 7.91. The number of rotatable bonds is 6. The summed E-state index contributed by atoms with van der Waals surface area (Å²) in [6, 6.07) is 6.86. The molecule has 0 unspecified atom stereocenters. The van der Waals surface area contributed by atoms with E-state index in [2.05, 4.69) is 0 Å². The van der Waals surface area contributed by atoms with Crippen LogP contribution in [0.1, 0.15) is 39.7 Å². The van der Waals surface area contributed by atoms with Crippen molar-refractivity contribution in [1.82, 2.24) is 4.90 Å². The molecule has 1 aromatic rings. The smallest absolute Gasteiger partial charge is 0.224 e. The molecule has 0 spiro atoms. The second kappa shape index (κ2) is 7.07. The lowest BCUT2D eigenvalue weighted by atomic mass is 10.2. The van der Waals surface area contributed by atoms with Crippen molar-refractivity contribution in [3.05, 3.63) is 29.8 Å². The number of carbonyl (C=O) groups is 1. The van der Waals surface area contributed by atoms with E-state index in [1.165, 1.54) is 0 Å². The summed E-state index contributed by atoms with van der Waals surface area (Å²) >= 11 is 0. The van der Waals surface area contributed by atoms with Crippen LogP contribution in [0.25, 0.3) is 0 Å². The molecule has 4 nitrogen and oxygen atoms in total. The Hall–Kier alpha value is -1.36. The van der Waals surface area contributed by atoms with Crippen molar-refractivity contribution in [1.29, 1.82) is 0 Å². The van der Waals surface area contributed by atoms with E-state index in [9.17, 15) is 13.2 Å². The summed E-state index contributed by atoms with van der Waals surface area (Å²) < 4.78 is 24.5. The first-order chi connectivity index (χ1) is 9.65. The van der Waals surface area contributed by atoms with Crippen LogP contribution in [0.15, 0.2) is 29.2 Å². The number of aryl methyl sites for hydroxylation is 1. The lowest BCUT2D eigenvalue weighted by molar-refractivity contribution is -0.134. The van der Waals surface area contributed by atoms with Crippen LogP contribution in [0.4, 0.5) is 0 Å². The first-order valence-corrected chi connectivity index (χ1v) is 8.91. The summed E-state index contributed by atoms with van der Waals surface area (Å²) in [4.78, 5) is 14.2. The number of benzene rings is 1. The monoisotopic (exact) mass is 311 g/mol. The maximum Gasteiger partial charge on any atom is 0.224 e. The van der Waals surface area contributed by atoms with Crippen LogP contribution in [0.2, 0.25) is 0 Å². The SMILES string of the molecule is Cc1ccc(S(=O)(=O)CCC(=O)N(C(C)C)C(C)C)cc1. The minimum Gasteiger partial charge on any atom is -0.338 e. The fourth-order valence-corrected chi connectivity index (χ4v) is 3.62. The molecule has 1 aromatic carbocycles. The number of hydrogen-bond acceptors (Lipinski definition) is 3. The molecular formula is C16H25NO3S. The van der Waals surface area contributed by atoms with Crippen LogP contribution in [0.5, 0.6) is 0 Å². The first-order valence-electron chi connectivity index (χ1n) is 7.25. The molecule has 0 N–H and O–H groups in total. The molecule has 118 valence electrons. The normalized spacial score (nSPS) is 12.0. The van der Waals surface area contributed by atoms with Crippen molar-refractivity contribution in [3.63, 3.8) is 0 Å². The first kappa shape index (κ1) is 17.7. The zero-order valence-corrected chi connectivity index (χ0v) is 14.3. The molecule has 0 aliphatic carbocycles. The molecule has 1 rings (SSSR count). The minimum atomic E-state index is -3.40. The van der Waals surface area contributed by atoms with Crippen LogP contribution < -0.4 is 0 Å². The van der Waals surface area contributed by atoms with Gasteiger partial charge in [-0.15, -0.1) is 0 Å². The molecule has 5 heteroatoms. The number of amides is 1. The Labute approximate surface area is 128 Å². The van der Waals surface area contributed by atoms with Crippen molar-refractivity contribution in [3.8, 4) is 0 Å². The highest BCUT2D eigenvalue weighted by Crippen LogP contribution is 2.15. The van der Waals surface area contributed by atoms with Crippen molar-refractivity contribution in [2.75, 3.05) is 5.75 Å². The molecule has 21 heavy (non-hydrogen) atoms. The van der Waals surface area contributed by atoms with Crippen LogP contribution in [-0.4, -0.2) is 37.1 Å². The van der Waals surface area contributed by atoms with Gasteiger partial charge in [0, 0.05) is 18.5 Å². The topological polar surface area (TPSA) is 54.5 Å². The van der Waals surface area contributed by atoms with Gasteiger partial charge in [0.15, 0.2) is 9.84 Å². The second-order valence-corrected chi connectivity index (χ2v) is 7.98. The van der Waals surface area contributed by atoms with Gasteiger partial charge in [-0.3, -0.25) is 4.79 Å². The molecule has 0 saturated heterocycles. The summed E-state index contributed by atoms with van der Waals surface area (Å²) in [5.41, 5.74) is 1.01. The predicted molar refractivity (Wildman–Crippen MR) is 85.0 cm³/mol. The molecule has 0 radical (unpaired) electrons. The van der Waals surface area contributed by atoms with Crippen LogP contribution in [0, 0.1) is 6.92 Å². The van der Waals surface area contributed by atoms with E-state index in [1.807, 2.05) is 34.6 Å². The van der Waals surface area contributed by atoms with E-state index in [-0.39, 0.29) is 35.1 Å². The van der Waals surface area contributed by atoms with Crippen LogP contribution in [-0.2, 0) is 14.6 Å². The Kier molecular flexibility index (Phi) is 5.96. The average Bonchev–Trinajstić information content (AvgIpc) is 2.36.